The molecule has 1 aromatic carbocycles. The number of benzene rings is 1. The summed E-state index contributed by atoms with van der Waals surface area (Å²) in [4.78, 5) is 19.6. The normalized spacial score (nSPS) is 10.7. The number of rotatable bonds is 4. The van der Waals surface area contributed by atoms with Gasteiger partial charge in [0.15, 0.2) is 5.01 Å². The number of nitrogens with zero attached hydrogens (tertiary/aromatic N) is 5. The molecule has 0 spiro atoms. The fourth-order valence-electron chi connectivity index (χ4n) is 2.29. The van der Waals surface area contributed by atoms with E-state index < -0.39 is 0 Å². The SMILES string of the molecule is CNC(=O)Nc1cc(-c2nnc(Nc3ccc4[nH]ncc4c3Cl)s2)ncn1. The van der Waals surface area contributed by atoms with Crippen LogP contribution in [0.1, 0.15) is 0 Å². The van der Waals surface area contributed by atoms with Crippen LogP contribution in [0.15, 0.2) is 30.7 Å². The van der Waals surface area contributed by atoms with Crippen LogP contribution >= 0.6 is 22.9 Å². The maximum Gasteiger partial charge on any atom is 0.320 e. The zero-order chi connectivity index (χ0) is 18.8. The molecule has 3 heterocycles. The van der Waals surface area contributed by atoms with Crippen LogP contribution in [0.3, 0.4) is 0 Å². The van der Waals surface area contributed by atoms with Crippen LogP contribution < -0.4 is 16.0 Å². The number of urea groups is 1. The average Bonchev–Trinajstić information content (AvgIpc) is 3.34. The molecular formula is C15H12ClN9OS. The number of fused-ring (bicyclic) bond motifs is 1. The van der Waals surface area contributed by atoms with E-state index in [4.69, 9.17) is 11.6 Å². The van der Waals surface area contributed by atoms with Gasteiger partial charge in [0.05, 0.1) is 22.4 Å². The first-order valence-electron chi connectivity index (χ1n) is 7.67. The Morgan fingerprint density at radius 3 is 3.00 bits per heavy atom. The molecule has 3 aromatic heterocycles. The molecule has 0 saturated heterocycles. The van der Waals surface area contributed by atoms with Gasteiger partial charge in [0.1, 0.15) is 17.8 Å². The van der Waals surface area contributed by atoms with E-state index in [2.05, 4.69) is 46.3 Å². The molecule has 12 heteroatoms. The molecule has 0 atom stereocenters. The fraction of sp³-hybridized carbons (Fsp3) is 0.0667. The third kappa shape index (κ3) is 3.50. The van der Waals surface area contributed by atoms with E-state index in [-0.39, 0.29) is 6.03 Å². The van der Waals surface area contributed by atoms with E-state index in [1.54, 1.807) is 12.3 Å². The smallest absolute Gasteiger partial charge is 0.320 e. The van der Waals surface area contributed by atoms with Gasteiger partial charge in [0.25, 0.3) is 0 Å². The number of hydrogen-bond donors (Lipinski definition) is 4. The molecule has 0 bridgehead atoms. The molecule has 0 saturated carbocycles. The van der Waals surface area contributed by atoms with Crippen molar-refractivity contribution in [3.05, 3.63) is 35.7 Å². The zero-order valence-corrected chi connectivity index (χ0v) is 15.4. The number of carbonyl (C=O) groups is 1. The number of hydrogen-bond acceptors (Lipinski definition) is 8. The maximum atomic E-state index is 11.4. The van der Waals surface area contributed by atoms with E-state index in [0.29, 0.717) is 32.4 Å². The topological polar surface area (TPSA) is 133 Å². The molecule has 136 valence electrons. The van der Waals surface area contributed by atoms with Crippen LogP contribution in [0, 0.1) is 0 Å². The number of aromatic amines is 1. The number of anilines is 3. The number of halogens is 1. The molecule has 0 aliphatic heterocycles. The lowest BCUT2D eigenvalue weighted by Crippen LogP contribution is -2.24. The lowest BCUT2D eigenvalue weighted by atomic mass is 10.2. The Balaban J connectivity index is 1.57. The van der Waals surface area contributed by atoms with Crippen LogP contribution in [0.4, 0.5) is 21.4 Å². The Hall–Kier alpha value is -3.31. The standard InChI is InChI=1S/C15H12ClN9OS/c1-17-14(26)22-11-4-10(18-6-19-11)13-24-25-15(27-13)21-9-3-2-8-7(12(9)16)5-20-23-8/h2-6H,1H3,(H,20,23)(H,21,25)(H2,17,18,19,22,26). The highest BCUT2D eigenvalue weighted by Crippen LogP contribution is 2.34. The summed E-state index contributed by atoms with van der Waals surface area (Å²) in [6.45, 7) is 0. The Kier molecular flexibility index (Phi) is 4.52. The van der Waals surface area contributed by atoms with Gasteiger partial charge in [-0.05, 0) is 12.1 Å². The van der Waals surface area contributed by atoms with Crippen molar-refractivity contribution in [1.29, 1.82) is 0 Å². The maximum absolute atomic E-state index is 11.4. The molecule has 27 heavy (non-hydrogen) atoms. The minimum atomic E-state index is -0.372. The van der Waals surface area contributed by atoms with Gasteiger partial charge in [-0.3, -0.25) is 10.4 Å². The van der Waals surface area contributed by atoms with Gasteiger partial charge in [-0.15, -0.1) is 10.2 Å². The van der Waals surface area contributed by atoms with Crippen LogP contribution in [0.5, 0.6) is 0 Å². The van der Waals surface area contributed by atoms with Gasteiger partial charge in [0, 0.05) is 18.5 Å². The molecule has 4 N–H and O–H groups in total. The quantitative estimate of drug-likeness (QED) is 0.413. The third-order valence-corrected chi connectivity index (χ3v) is 4.85. The number of H-pyrrole nitrogens is 1. The van der Waals surface area contributed by atoms with E-state index in [1.807, 2.05) is 12.1 Å². The summed E-state index contributed by atoms with van der Waals surface area (Å²) >= 11 is 7.70. The Bertz CT molecular complexity index is 1130. The monoisotopic (exact) mass is 401 g/mol. The van der Waals surface area contributed by atoms with Gasteiger partial charge in [-0.2, -0.15) is 5.10 Å². The van der Waals surface area contributed by atoms with Crippen molar-refractivity contribution in [2.75, 3.05) is 17.7 Å². The summed E-state index contributed by atoms with van der Waals surface area (Å²) in [5.74, 6) is 0.359. The van der Waals surface area contributed by atoms with Crippen LogP contribution in [-0.2, 0) is 0 Å². The van der Waals surface area contributed by atoms with E-state index in [1.165, 1.54) is 24.7 Å². The van der Waals surface area contributed by atoms with Crippen LogP contribution in [0.25, 0.3) is 21.6 Å². The van der Waals surface area contributed by atoms with E-state index in [0.717, 1.165) is 10.9 Å². The number of carbonyl (C=O) groups excluding carboxylic acids is 1. The van der Waals surface area contributed by atoms with Gasteiger partial charge in [-0.25, -0.2) is 14.8 Å². The Morgan fingerprint density at radius 2 is 2.15 bits per heavy atom. The molecule has 0 aliphatic rings. The van der Waals surface area contributed by atoms with Crippen molar-refractivity contribution >= 4 is 56.5 Å². The van der Waals surface area contributed by atoms with Gasteiger partial charge in [-0.1, -0.05) is 22.9 Å². The predicted molar refractivity (Wildman–Crippen MR) is 103 cm³/mol. The van der Waals surface area contributed by atoms with Crippen molar-refractivity contribution < 1.29 is 4.79 Å². The number of aromatic nitrogens is 6. The summed E-state index contributed by atoms with van der Waals surface area (Å²) in [6, 6.07) is 4.95. The zero-order valence-electron chi connectivity index (χ0n) is 13.8. The van der Waals surface area contributed by atoms with Crippen LogP contribution in [-0.4, -0.2) is 43.4 Å². The highest BCUT2D eigenvalue weighted by atomic mass is 35.5. The molecule has 0 radical (unpaired) electrons. The minimum Gasteiger partial charge on any atom is -0.341 e. The molecule has 2 amide bonds. The van der Waals surface area contributed by atoms with Gasteiger partial charge >= 0.3 is 6.03 Å². The lowest BCUT2D eigenvalue weighted by molar-refractivity contribution is 0.254. The molecule has 4 rings (SSSR count). The summed E-state index contributed by atoms with van der Waals surface area (Å²) in [5, 5.41) is 25.7. The fourth-order valence-corrected chi connectivity index (χ4v) is 3.28. The molecular weight excluding hydrogens is 390 g/mol. The Morgan fingerprint density at radius 1 is 1.26 bits per heavy atom. The van der Waals surface area contributed by atoms with Crippen molar-refractivity contribution in [3.8, 4) is 10.7 Å². The van der Waals surface area contributed by atoms with Crippen molar-refractivity contribution in [2.24, 2.45) is 0 Å². The molecule has 10 nitrogen and oxygen atoms in total. The molecule has 0 fully saturated rings. The average molecular weight is 402 g/mol. The highest BCUT2D eigenvalue weighted by molar-refractivity contribution is 7.18. The second-order valence-corrected chi connectivity index (χ2v) is 6.64. The highest BCUT2D eigenvalue weighted by Gasteiger charge is 2.13. The minimum absolute atomic E-state index is 0.359. The van der Waals surface area contributed by atoms with Crippen molar-refractivity contribution in [3.63, 3.8) is 0 Å². The van der Waals surface area contributed by atoms with Crippen molar-refractivity contribution in [1.82, 2.24) is 35.7 Å². The second kappa shape index (κ2) is 7.13. The lowest BCUT2D eigenvalue weighted by Gasteiger charge is -2.05. The van der Waals surface area contributed by atoms with E-state index in [9.17, 15) is 4.79 Å². The second-order valence-electron chi connectivity index (χ2n) is 5.29. The third-order valence-electron chi connectivity index (χ3n) is 3.58. The van der Waals surface area contributed by atoms with E-state index >= 15 is 0 Å². The first kappa shape index (κ1) is 17.1. The van der Waals surface area contributed by atoms with Gasteiger partial charge in [0.2, 0.25) is 5.13 Å². The molecule has 0 unspecified atom stereocenters. The molecule has 4 aromatic rings. The predicted octanol–water partition coefficient (Wildman–Crippen LogP) is 3.02. The Labute approximate surface area is 161 Å². The number of nitrogens with one attached hydrogen (secondary N) is 4. The van der Waals surface area contributed by atoms with Crippen LogP contribution in [0.2, 0.25) is 5.02 Å². The summed E-state index contributed by atoms with van der Waals surface area (Å²) < 4.78 is 0. The summed E-state index contributed by atoms with van der Waals surface area (Å²) in [6.07, 6.45) is 3.01. The summed E-state index contributed by atoms with van der Waals surface area (Å²) in [7, 11) is 1.52. The molecule has 0 aliphatic carbocycles. The number of amides is 2. The van der Waals surface area contributed by atoms with Gasteiger partial charge < -0.3 is 10.6 Å². The first-order chi connectivity index (χ1) is 13.1. The first-order valence-corrected chi connectivity index (χ1v) is 8.87. The van der Waals surface area contributed by atoms with Crippen molar-refractivity contribution in [2.45, 2.75) is 0 Å². The summed E-state index contributed by atoms with van der Waals surface area (Å²) in [5.41, 5.74) is 2.08. The largest absolute Gasteiger partial charge is 0.341 e.